The van der Waals surface area contributed by atoms with Crippen molar-refractivity contribution in [1.29, 1.82) is 0 Å². The van der Waals surface area contributed by atoms with Crippen LogP contribution in [0.15, 0.2) is 18.3 Å². The molecule has 0 spiro atoms. The molecule has 0 amide bonds. The summed E-state index contributed by atoms with van der Waals surface area (Å²) >= 11 is 2.16. The lowest BCUT2D eigenvalue weighted by atomic mass is 10.4. The number of fused-ring (bicyclic) bond motifs is 1. The Kier molecular flexibility index (Phi) is 2.10. The Balaban J connectivity index is 2.89. The molecule has 0 atom stereocenters. The van der Waals surface area contributed by atoms with Gasteiger partial charge in [0.05, 0.1) is 7.05 Å². The molecule has 2 rings (SSSR count). The van der Waals surface area contributed by atoms with Crippen LogP contribution in [0.25, 0.3) is 11.2 Å². The van der Waals surface area contributed by atoms with Crippen molar-refractivity contribution in [3.8, 4) is 0 Å². The number of nitrogens with zero attached hydrogens (tertiary/aromatic N) is 3. The number of hydrogen-bond acceptors (Lipinski definition) is 2. The molecular weight excluding hydrogens is 284 g/mol. The zero-order valence-electron chi connectivity index (χ0n) is 6.83. The number of pyridine rings is 1. The predicted octanol–water partition coefficient (Wildman–Crippen LogP) is 1.20. The fourth-order valence-corrected chi connectivity index (χ4v) is 1.50. The Bertz CT molecular complexity index is 467. The highest BCUT2D eigenvalue weighted by atomic mass is 127. The van der Waals surface area contributed by atoms with Crippen LogP contribution in [0, 0.1) is 9.65 Å². The molecule has 0 aliphatic carbocycles. The first-order chi connectivity index (χ1) is 6.18. The Hall–Kier alpha value is -0.850. The van der Waals surface area contributed by atoms with Crippen LogP contribution in [0.5, 0.6) is 0 Å². The second-order valence-electron chi connectivity index (χ2n) is 2.62. The first-order valence-electron chi connectivity index (χ1n) is 3.65. The lowest BCUT2D eigenvalue weighted by Gasteiger charge is -1.96. The van der Waals surface area contributed by atoms with Crippen molar-refractivity contribution in [2.75, 3.05) is 0 Å². The quantitative estimate of drug-likeness (QED) is 0.414. The van der Waals surface area contributed by atoms with E-state index in [0.717, 1.165) is 9.90 Å². The molecule has 0 radical (unpaired) electrons. The van der Waals surface area contributed by atoms with Gasteiger partial charge in [0.15, 0.2) is 9.22 Å². The molecule has 0 fully saturated rings. The summed E-state index contributed by atoms with van der Waals surface area (Å²) in [6.45, 7) is 0. The molecule has 0 saturated carbocycles. The molecule has 3 nitrogen and oxygen atoms in total. The van der Waals surface area contributed by atoms with Gasteiger partial charge in [0.25, 0.3) is 0 Å². The first kappa shape index (κ1) is 8.74. The van der Waals surface area contributed by atoms with E-state index in [-0.39, 0.29) is 0 Å². The van der Waals surface area contributed by atoms with Gasteiger partial charge in [-0.15, -0.1) is 0 Å². The highest BCUT2D eigenvalue weighted by molar-refractivity contribution is 14.1. The van der Waals surface area contributed by atoms with Crippen molar-refractivity contribution < 1.29 is 8.96 Å². The minimum atomic E-state index is -0.551. The lowest BCUT2D eigenvalue weighted by Crippen LogP contribution is -2.34. The smallest absolute Gasteiger partial charge is 0.241 e. The monoisotopic (exact) mass is 290 g/mol. The number of aromatic nitrogens is 3. The summed E-state index contributed by atoms with van der Waals surface area (Å²) in [6, 6.07) is 3.74. The van der Waals surface area contributed by atoms with Crippen molar-refractivity contribution in [2.24, 2.45) is 7.05 Å². The first-order valence-corrected chi connectivity index (χ1v) is 4.73. The van der Waals surface area contributed by atoms with E-state index in [9.17, 15) is 4.39 Å². The number of aryl methyl sites for hydroxylation is 1. The lowest BCUT2D eigenvalue weighted by molar-refractivity contribution is -0.660. The summed E-state index contributed by atoms with van der Waals surface area (Å²) in [5.74, 6) is -0.551. The maximum atomic E-state index is 12.8. The van der Waals surface area contributed by atoms with Crippen LogP contribution in [0.1, 0.15) is 0 Å². The van der Waals surface area contributed by atoms with E-state index in [2.05, 4.69) is 32.6 Å². The molecule has 2 heterocycles. The van der Waals surface area contributed by atoms with E-state index in [1.165, 1.54) is 0 Å². The van der Waals surface area contributed by atoms with Crippen LogP contribution in [0.2, 0.25) is 0 Å². The number of hydrogen-bond donors (Lipinski definition) is 0. The fraction of sp³-hybridized carbons (Fsp3) is 0.125. The summed E-state index contributed by atoms with van der Waals surface area (Å²) in [5.41, 5.74) is 1.26. The Labute approximate surface area is 87.8 Å². The van der Waals surface area contributed by atoms with Crippen molar-refractivity contribution in [3.05, 3.63) is 28.0 Å². The van der Waals surface area contributed by atoms with Crippen LogP contribution < -0.4 is 4.57 Å². The third-order valence-corrected chi connectivity index (χ3v) is 2.85. The summed E-state index contributed by atoms with van der Waals surface area (Å²) < 4.78 is 15.5. The fourth-order valence-electron chi connectivity index (χ4n) is 1.09. The zero-order valence-corrected chi connectivity index (χ0v) is 8.99. The molecule has 2 aromatic rings. The van der Waals surface area contributed by atoms with E-state index in [4.69, 9.17) is 0 Å². The predicted molar refractivity (Wildman–Crippen MR) is 53.4 cm³/mol. The average molecular weight is 290 g/mol. The summed E-state index contributed by atoms with van der Waals surface area (Å²) in [4.78, 5) is 7.69. The SMILES string of the molecule is C[n+]1c(I)ccc2ncc(F)nc21. The maximum absolute atomic E-state index is 12.8. The van der Waals surface area contributed by atoms with Gasteiger partial charge in [0.2, 0.25) is 0 Å². The molecule has 2 aromatic heterocycles. The van der Waals surface area contributed by atoms with E-state index in [1.807, 2.05) is 19.2 Å². The van der Waals surface area contributed by atoms with Crippen molar-refractivity contribution >= 4 is 33.8 Å². The van der Waals surface area contributed by atoms with Crippen LogP contribution in [-0.4, -0.2) is 9.97 Å². The molecule has 0 N–H and O–H groups in total. The van der Waals surface area contributed by atoms with E-state index >= 15 is 0 Å². The molecule has 0 aromatic carbocycles. The second kappa shape index (κ2) is 3.13. The summed E-state index contributed by atoms with van der Waals surface area (Å²) in [7, 11) is 1.83. The third-order valence-electron chi connectivity index (χ3n) is 1.77. The molecule has 0 unspecified atom stereocenters. The van der Waals surface area contributed by atoms with Crippen LogP contribution >= 0.6 is 22.6 Å². The Morgan fingerprint density at radius 2 is 2.23 bits per heavy atom. The van der Waals surface area contributed by atoms with Gasteiger partial charge in [-0.25, -0.2) is 9.55 Å². The highest BCUT2D eigenvalue weighted by Gasteiger charge is 2.12. The van der Waals surface area contributed by atoms with E-state index in [1.54, 1.807) is 4.57 Å². The van der Waals surface area contributed by atoms with E-state index in [0.29, 0.717) is 11.2 Å². The van der Waals surface area contributed by atoms with Gasteiger partial charge in [-0.2, -0.15) is 4.39 Å². The largest absolute Gasteiger partial charge is 0.353 e. The summed E-state index contributed by atoms with van der Waals surface area (Å²) in [6.07, 6.45) is 1.12. The molecular formula is C8H6FIN3+. The maximum Gasteiger partial charge on any atom is 0.353 e. The molecule has 5 heteroatoms. The van der Waals surface area contributed by atoms with Crippen LogP contribution in [0.4, 0.5) is 4.39 Å². The van der Waals surface area contributed by atoms with Crippen LogP contribution in [-0.2, 0) is 7.05 Å². The van der Waals surface area contributed by atoms with Gasteiger partial charge in [-0.3, -0.25) is 0 Å². The van der Waals surface area contributed by atoms with Gasteiger partial charge in [0.1, 0.15) is 6.20 Å². The van der Waals surface area contributed by atoms with Crippen molar-refractivity contribution in [2.45, 2.75) is 0 Å². The minimum absolute atomic E-state index is 0.551. The van der Waals surface area contributed by atoms with Crippen molar-refractivity contribution in [3.63, 3.8) is 0 Å². The molecule has 13 heavy (non-hydrogen) atoms. The standard InChI is InChI=1S/C8H6FIN3/c1-13-7(10)3-2-5-8(13)12-6(9)4-11-5/h2-4H,1H3/q+1. The minimum Gasteiger partial charge on any atom is -0.241 e. The number of halogens is 2. The topological polar surface area (TPSA) is 29.7 Å². The van der Waals surface area contributed by atoms with E-state index < -0.39 is 5.95 Å². The van der Waals surface area contributed by atoms with Gasteiger partial charge in [-0.1, -0.05) is 0 Å². The highest BCUT2D eigenvalue weighted by Crippen LogP contribution is 2.06. The molecule has 0 aliphatic rings. The molecule has 0 bridgehead atoms. The van der Waals surface area contributed by atoms with Gasteiger partial charge < -0.3 is 0 Å². The second-order valence-corrected chi connectivity index (χ2v) is 3.72. The molecule has 66 valence electrons. The van der Waals surface area contributed by atoms with Gasteiger partial charge >= 0.3 is 11.6 Å². The summed E-state index contributed by atoms with van der Waals surface area (Å²) in [5, 5.41) is 0. The van der Waals surface area contributed by atoms with Gasteiger partial charge in [0, 0.05) is 22.6 Å². The molecule has 0 aliphatic heterocycles. The molecule has 0 saturated heterocycles. The third kappa shape index (κ3) is 1.48. The van der Waals surface area contributed by atoms with Crippen LogP contribution in [0.3, 0.4) is 0 Å². The Morgan fingerprint density at radius 1 is 1.46 bits per heavy atom. The van der Waals surface area contributed by atoms with Gasteiger partial charge in [-0.05, 0) is 17.1 Å². The zero-order chi connectivity index (χ0) is 9.42. The van der Waals surface area contributed by atoms with Crippen molar-refractivity contribution in [1.82, 2.24) is 9.97 Å². The number of rotatable bonds is 0. The average Bonchev–Trinajstić information content (AvgIpc) is 2.12. The Morgan fingerprint density at radius 3 is 3.00 bits per heavy atom. The normalized spacial score (nSPS) is 10.7.